The lowest BCUT2D eigenvalue weighted by atomic mass is 9.82. The third-order valence-electron chi connectivity index (χ3n) is 2.07. The van der Waals surface area contributed by atoms with E-state index in [2.05, 4.69) is 16.9 Å². The lowest BCUT2D eigenvalue weighted by molar-refractivity contribution is -0.111. The van der Waals surface area contributed by atoms with Crippen molar-refractivity contribution in [2.75, 3.05) is 19.8 Å². The fourth-order valence-corrected chi connectivity index (χ4v) is 1.42. The van der Waals surface area contributed by atoms with Crippen LogP contribution in [-0.2, 0) is 4.74 Å². The molecule has 62 valence electrons. The number of ether oxygens (including phenoxy) is 1. The summed E-state index contributed by atoms with van der Waals surface area (Å²) < 4.78 is 5.10. The Morgan fingerprint density at radius 3 is 2.73 bits per heavy atom. The number of hydrogen-bond acceptors (Lipinski definition) is 2. The average molecular weight is 155 g/mol. The van der Waals surface area contributed by atoms with Gasteiger partial charge < -0.3 is 4.74 Å². The van der Waals surface area contributed by atoms with Crippen LogP contribution >= 0.6 is 0 Å². The highest BCUT2D eigenvalue weighted by atomic mass is 16.5. The van der Waals surface area contributed by atoms with Gasteiger partial charge in [-0.05, 0) is 12.0 Å². The van der Waals surface area contributed by atoms with E-state index in [9.17, 15) is 0 Å². The first-order valence-electron chi connectivity index (χ1n) is 3.91. The van der Waals surface area contributed by atoms with E-state index < -0.39 is 0 Å². The molecule has 0 bridgehead atoms. The maximum atomic E-state index is 8.13. The summed E-state index contributed by atoms with van der Waals surface area (Å²) in [7, 11) is 0. The van der Waals surface area contributed by atoms with E-state index in [0.717, 1.165) is 26.1 Å². The summed E-state index contributed by atoms with van der Waals surface area (Å²) >= 11 is 0. The molecule has 1 saturated heterocycles. The van der Waals surface area contributed by atoms with Gasteiger partial charge in [0.15, 0.2) is 0 Å². The van der Waals surface area contributed by atoms with Crippen molar-refractivity contribution in [1.82, 2.24) is 0 Å². The van der Waals surface area contributed by atoms with E-state index in [-0.39, 0.29) is 5.41 Å². The summed E-state index contributed by atoms with van der Waals surface area (Å²) in [6, 6.07) is 0. The highest BCUT2D eigenvalue weighted by Gasteiger charge is 2.36. The van der Waals surface area contributed by atoms with Gasteiger partial charge >= 0.3 is 0 Å². The summed E-state index contributed by atoms with van der Waals surface area (Å²) in [6.07, 6.45) is 2.23. The highest BCUT2D eigenvalue weighted by Crippen LogP contribution is 2.32. The minimum absolute atomic E-state index is 0.182. The van der Waals surface area contributed by atoms with Gasteiger partial charge in [0.05, 0.1) is 13.2 Å². The minimum Gasteiger partial charge on any atom is -0.380 e. The lowest BCUT2D eigenvalue weighted by Gasteiger charge is -2.40. The molecule has 11 heavy (non-hydrogen) atoms. The van der Waals surface area contributed by atoms with Crippen molar-refractivity contribution in [3.8, 4) is 0 Å². The molecule has 0 N–H and O–H groups in total. The Hall–Kier alpha value is -0.730. The molecule has 0 unspecified atom stereocenters. The van der Waals surface area contributed by atoms with Crippen molar-refractivity contribution in [3.05, 3.63) is 10.4 Å². The third kappa shape index (κ3) is 1.85. The summed E-state index contributed by atoms with van der Waals surface area (Å²) in [6.45, 7) is 4.26. The van der Waals surface area contributed by atoms with Gasteiger partial charge in [-0.25, -0.2) is 0 Å². The Balaban J connectivity index is 2.39. The standard InChI is InChI=1S/C7H13N3O/c1-2-3-7(4-9-10-8)5-11-6-7/h2-6H2,1H3. The fourth-order valence-electron chi connectivity index (χ4n) is 1.42. The zero-order valence-electron chi connectivity index (χ0n) is 6.79. The zero-order valence-corrected chi connectivity index (χ0v) is 6.79. The predicted molar refractivity (Wildman–Crippen MR) is 42.2 cm³/mol. The van der Waals surface area contributed by atoms with Crippen LogP contribution in [0.2, 0.25) is 0 Å². The molecule has 0 aliphatic carbocycles. The Morgan fingerprint density at radius 2 is 2.36 bits per heavy atom. The van der Waals surface area contributed by atoms with E-state index in [4.69, 9.17) is 10.3 Å². The molecule has 0 aromatic rings. The van der Waals surface area contributed by atoms with E-state index >= 15 is 0 Å². The summed E-state index contributed by atoms with van der Waals surface area (Å²) in [5.74, 6) is 0. The molecule has 0 atom stereocenters. The van der Waals surface area contributed by atoms with Crippen LogP contribution in [0.15, 0.2) is 5.11 Å². The highest BCUT2D eigenvalue weighted by molar-refractivity contribution is 4.87. The Bertz CT molecular complexity index is 171. The van der Waals surface area contributed by atoms with Gasteiger partial charge in [-0.3, -0.25) is 0 Å². The van der Waals surface area contributed by atoms with Crippen LogP contribution in [-0.4, -0.2) is 19.8 Å². The molecule has 1 heterocycles. The number of nitrogens with zero attached hydrogens (tertiary/aromatic N) is 3. The van der Waals surface area contributed by atoms with Crippen molar-refractivity contribution in [3.63, 3.8) is 0 Å². The van der Waals surface area contributed by atoms with Gasteiger partial charge in [0.2, 0.25) is 0 Å². The van der Waals surface area contributed by atoms with Gasteiger partial charge in [0.1, 0.15) is 0 Å². The molecule has 0 aromatic carbocycles. The largest absolute Gasteiger partial charge is 0.380 e. The monoisotopic (exact) mass is 155 g/mol. The maximum absolute atomic E-state index is 8.13. The average Bonchev–Trinajstić information content (AvgIpc) is 1.95. The SMILES string of the molecule is CCCC1(CN=[N+]=[N-])COC1. The van der Waals surface area contributed by atoms with Crippen molar-refractivity contribution in [2.45, 2.75) is 19.8 Å². The molecule has 1 aliphatic rings. The second-order valence-electron chi connectivity index (χ2n) is 3.13. The Morgan fingerprint density at radius 1 is 1.64 bits per heavy atom. The van der Waals surface area contributed by atoms with Crippen molar-refractivity contribution < 1.29 is 4.74 Å². The molecule has 0 radical (unpaired) electrons. The van der Waals surface area contributed by atoms with E-state index in [0.29, 0.717) is 6.54 Å². The quantitative estimate of drug-likeness (QED) is 0.348. The summed E-state index contributed by atoms with van der Waals surface area (Å²) in [4.78, 5) is 2.75. The van der Waals surface area contributed by atoms with Crippen LogP contribution in [0.3, 0.4) is 0 Å². The van der Waals surface area contributed by atoms with Crippen LogP contribution < -0.4 is 0 Å². The van der Waals surface area contributed by atoms with Crippen molar-refractivity contribution in [2.24, 2.45) is 10.5 Å². The van der Waals surface area contributed by atoms with E-state index in [1.54, 1.807) is 0 Å². The smallest absolute Gasteiger partial charge is 0.0546 e. The van der Waals surface area contributed by atoms with Crippen LogP contribution in [0.4, 0.5) is 0 Å². The molecule has 1 rings (SSSR count). The fraction of sp³-hybridized carbons (Fsp3) is 1.00. The normalized spacial score (nSPS) is 20.1. The Labute approximate surface area is 66.2 Å². The molecule has 0 aromatic heterocycles. The van der Waals surface area contributed by atoms with Crippen LogP contribution in [0, 0.1) is 5.41 Å². The van der Waals surface area contributed by atoms with E-state index in [1.165, 1.54) is 0 Å². The number of hydrogen-bond donors (Lipinski definition) is 0. The zero-order chi connectivity index (χ0) is 8.16. The number of azide groups is 1. The second kappa shape index (κ2) is 3.60. The summed E-state index contributed by atoms with van der Waals surface area (Å²) in [5, 5.41) is 3.59. The van der Waals surface area contributed by atoms with Gasteiger partial charge in [-0.15, -0.1) is 0 Å². The molecule has 1 fully saturated rings. The van der Waals surface area contributed by atoms with Crippen LogP contribution in [0.25, 0.3) is 10.4 Å². The summed E-state index contributed by atoms with van der Waals surface area (Å²) in [5.41, 5.74) is 8.32. The van der Waals surface area contributed by atoms with Crippen LogP contribution in [0.5, 0.6) is 0 Å². The topological polar surface area (TPSA) is 58.0 Å². The van der Waals surface area contributed by atoms with Gasteiger partial charge in [0.25, 0.3) is 0 Å². The molecular weight excluding hydrogens is 142 g/mol. The van der Waals surface area contributed by atoms with Crippen LogP contribution in [0.1, 0.15) is 19.8 Å². The first-order valence-corrected chi connectivity index (χ1v) is 3.91. The molecular formula is C7H13N3O. The third-order valence-corrected chi connectivity index (χ3v) is 2.07. The lowest BCUT2D eigenvalue weighted by Crippen LogP contribution is -2.44. The molecule has 4 nitrogen and oxygen atoms in total. The van der Waals surface area contributed by atoms with E-state index in [1.807, 2.05) is 0 Å². The first-order chi connectivity index (χ1) is 5.33. The van der Waals surface area contributed by atoms with Gasteiger partial charge in [-0.2, -0.15) is 0 Å². The second-order valence-corrected chi connectivity index (χ2v) is 3.13. The number of rotatable bonds is 4. The predicted octanol–water partition coefficient (Wildman–Crippen LogP) is 2.11. The van der Waals surface area contributed by atoms with Gasteiger partial charge in [0, 0.05) is 16.9 Å². The van der Waals surface area contributed by atoms with Gasteiger partial charge in [-0.1, -0.05) is 18.5 Å². The molecule has 1 aliphatic heterocycles. The Kier molecular flexibility index (Phi) is 2.74. The minimum atomic E-state index is 0.182. The maximum Gasteiger partial charge on any atom is 0.0546 e. The van der Waals surface area contributed by atoms with Crippen molar-refractivity contribution in [1.29, 1.82) is 0 Å². The molecule has 0 spiro atoms. The molecule has 0 saturated carbocycles. The molecule has 4 heteroatoms. The first kappa shape index (κ1) is 8.37. The molecule has 0 amide bonds. The van der Waals surface area contributed by atoms with Crippen molar-refractivity contribution >= 4 is 0 Å².